The summed E-state index contributed by atoms with van der Waals surface area (Å²) in [5.41, 5.74) is 3.44. The Bertz CT molecular complexity index is 1370. The van der Waals surface area contributed by atoms with Crippen LogP contribution in [0.4, 0.5) is 5.69 Å². The maximum atomic E-state index is 12.9. The summed E-state index contributed by atoms with van der Waals surface area (Å²) in [4.78, 5) is 17.5. The third-order valence-corrected chi connectivity index (χ3v) is 6.97. The summed E-state index contributed by atoms with van der Waals surface area (Å²) in [5, 5.41) is 3.61. The van der Waals surface area contributed by atoms with E-state index in [4.69, 9.17) is 0 Å². The van der Waals surface area contributed by atoms with Crippen LogP contribution >= 0.6 is 0 Å². The Labute approximate surface area is 187 Å². The lowest BCUT2D eigenvalue weighted by Gasteiger charge is -2.17. The molecule has 4 rings (SSSR count). The van der Waals surface area contributed by atoms with Crippen molar-refractivity contribution in [2.45, 2.75) is 18.4 Å². The number of carbonyl (C=O) groups is 1. The summed E-state index contributed by atoms with van der Waals surface area (Å²) < 4.78 is 27.1. The van der Waals surface area contributed by atoms with Crippen molar-refractivity contribution in [3.63, 3.8) is 0 Å². The van der Waals surface area contributed by atoms with E-state index in [1.807, 2.05) is 61.5 Å². The molecule has 1 heterocycles. The lowest BCUT2D eigenvalue weighted by atomic mass is 10.1. The van der Waals surface area contributed by atoms with Crippen LogP contribution in [0.5, 0.6) is 0 Å². The number of benzene rings is 3. The average Bonchev–Trinajstić information content (AvgIpc) is 2.79. The molecule has 0 aliphatic rings. The minimum Gasteiger partial charge on any atom is -0.322 e. The van der Waals surface area contributed by atoms with E-state index < -0.39 is 10.0 Å². The van der Waals surface area contributed by atoms with Crippen LogP contribution in [0.1, 0.15) is 21.6 Å². The summed E-state index contributed by atoms with van der Waals surface area (Å²) >= 11 is 0. The quantitative estimate of drug-likeness (QED) is 0.470. The van der Waals surface area contributed by atoms with Crippen molar-refractivity contribution in [3.05, 3.63) is 102 Å². The van der Waals surface area contributed by atoms with Gasteiger partial charge >= 0.3 is 0 Å². The number of carbonyl (C=O) groups excluding carboxylic acids is 1. The monoisotopic (exact) mass is 445 g/mol. The SMILES string of the molecule is Cc1cc(C(=O)Nc2ccc(S(=O)(=O)N(C)Cc3ccccc3)cc2)c2ccccc2n1. The molecular formula is C25H23N3O3S. The maximum Gasteiger partial charge on any atom is 0.256 e. The fourth-order valence-electron chi connectivity index (χ4n) is 3.51. The summed E-state index contributed by atoms with van der Waals surface area (Å²) in [6.45, 7) is 2.12. The van der Waals surface area contributed by atoms with Gasteiger partial charge in [0.1, 0.15) is 0 Å². The standard InChI is InChI=1S/C25H23N3O3S/c1-18-16-23(22-10-6-7-11-24(22)26-18)25(29)27-20-12-14-21(15-13-20)32(30,31)28(2)17-19-8-4-3-5-9-19/h3-16H,17H2,1-2H3,(H,27,29). The topological polar surface area (TPSA) is 79.4 Å². The van der Waals surface area contributed by atoms with Crippen molar-refractivity contribution in [1.82, 2.24) is 9.29 Å². The van der Waals surface area contributed by atoms with Gasteiger partial charge in [0.05, 0.1) is 16.0 Å². The van der Waals surface area contributed by atoms with Crippen molar-refractivity contribution in [1.29, 1.82) is 0 Å². The predicted octanol–water partition coefficient (Wildman–Crippen LogP) is 4.62. The van der Waals surface area contributed by atoms with Crippen molar-refractivity contribution in [2.75, 3.05) is 12.4 Å². The molecule has 4 aromatic rings. The van der Waals surface area contributed by atoms with Gasteiger partial charge in [-0.05, 0) is 48.9 Å². The van der Waals surface area contributed by atoms with E-state index in [0.29, 0.717) is 11.3 Å². The third kappa shape index (κ3) is 4.54. The Balaban J connectivity index is 1.52. The smallest absolute Gasteiger partial charge is 0.256 e. The Morgan fingerprint density at radius 2 is 1.59 bits per heavy atom. The number of rotatable bonds is 6. The first-order valence-electron chi connectivity index (χ1n) is 10.1. The number of sulfonamides is 1. The van der Waals surface area contributed by atoms with E-state index in [1.54, 1.807) is 25.2 Å². The molecule has 7 heteroatoms. The van der Waals surface area contributed by atoms with Crippen LogP contribution in [0.2, 0.25) is 0 Å². The number of aromatic nitrogens is 1. The third-order valence-electron chi connectivity index (χ3n) is 5.16. The number of nitrogens with one attached hydrogen (secondary N) is 1. The number of nitrogens with zero attached hydrogens (tertiary/aromatic N) is 2. The van der Waals surface area contributed by atoms with Crippen LogP contribution in [-0.2, 0) is 16.6 Å². The molecule has 0 aliphatic carbocycles. The van der Waals surface area contributed by atoms with Gasteiger partial charge in [0, 0.05) is 30.4 Å². The summed E-state index contributed by atoms with van der Waals surface area (Å²) in [7, 11) is -2.11. The molecule has 1 N–H and O–H groups in total. The molecule has 3 aromatic carbocycles. The molecule has 0 unspecified atom stereocenters. The lowest BCUT2D eigenvalue weighted by molar-refractivity contribution is 0.102. The molecule has 0 saturated carbocycles. The minimum absolute atomic E-state index is 0.166. The lowest BCUT2D eigenvalue weighted by Crippen LogP contribution is -2.26. The molecule has 0 atom stereocenters. The number of para-hydroxylation sites is 1. The fourth-order valence-corrected chi connectivity index (χ4v) is 4.67. The van der Waals surface area contributed by atoms with Gasteiger partial charge in [0.15, 0.2) is 0 Å². The molecule has 0 bridgehead atoms. The van der Waals surface area contributed by atoms with Gasteiger partial charge in [-0.15, -0.1) is 0 Å². The molecule has 0 radical (unpaired) electrons. The van der Waals surface area contributed by atoms with E-state index in [2.05, 4.69) is 10.3 Å². The number of anilines is 1. The second-order valence-electron chi connectivity index (χ2n) is 7.55. The Kier molecular flexibility index (Phi) is 6.03. The van der Waals surface area contributed by atoms with Crippen LogP contribution in [0.3, 0.4) is 0 Å². The van der Waals surface area contributed by atoms with Gasteiger partial charge < -0.3 is 5.32 Å². The highest BCUT2D eigenvalue weighted by Gasteiger charge is 2.21. The molecule has 32 heavy (non-hydrogen) atoms. The highest BCUT2D eigenvalue weighted by atomic mass is 32.2. The van der Waals surface area contributed by atoms with Gasteiger partial charge in [0.25, 0.3) is 5.91 Å². The molecular weight excluding hydrogens is 422 g/mol. The van der Waals surface area contributed by atoms with Gasteiger partial charge in [-0.2, -0.15) is 4.31 Å². The predicted molar refractivity (Wildman–Crippen MR) is 126 cm³/mol. The van der Waals surface area contributed by atoms with Crippen LogP contribution in [0.25, 0.3) is 10.9 Å². The first-order chi connectivity index (χ1) is 15.3. The van der Waals surface area contributed by atoms with Crippen LogP contribution < -0.4 is 5.32 Å². The highest BCUT2D eigenvalue weighted by Crippen LogP contribution is 2.22. The van der Waals surface area contributed by atoms with Crippen LogP contribution in [-0.4, -0.2) is 30.7 Å². The molecule has 1 aromatic heterocycles. The number of hydrogen-bond acceptors (Lipinski definition) is 4. The van der Waals surface area contributed by atoms with E-state index in [9.17, 15) is 13.2 Å². The normalized spacial score (nSPS) is 11.6. The van der Waals surface area contributed by atoms with Crippen molar-refractivity contribution in [2.24, 2.45) is 0 Å². The van der Waals surface area contributed by atoms with Gasteiger partial charge in [-0.1, -0.05) is 48.5 Å². The van der Waals surface area contributed by atoms with Crippen molar-refractivity contribution >= 4 is 32.5 Å². The van der Waals surface area contributed by atoms with Gasteiger partial charge in [-0.3, -0.25) is 9.78 Å². The number of aryl methyl sites for hydroxylation is 1. The maximum absolute atomic E-state index is 12.9. The zero-order valence-electron chi connectivity index (χ0n) is 17.8. The van der Waals surface area contributed by atoms with E-state index in [-0.39, 0.29) is 17.3 Å². The second-order valence-corrected chi connectivity index (χ2v) is 9.60. The molecule has 162 valence electrons. The van der Waals surface area contributed by atoms with E-state index in [0.717, 1.165) is 22.2 Å². The average molecular weight is 446 g/mol. The molecule has 0 fully saturated rings. The van der Waals surface area contributed by atoms with E-state index >= 15 is 0 Å². The van der Waals surface area contributed by atoms with Crippen LogP contribution in [0.15, 0.2) is 89.8 Å². The largest absolute Gasteiger partial charge is 0.322 e. The number of fused-ring (bicyclic) bond motifs is 1. The Morgan fingerprint density at radius 3 is 2.31 bits per heavy atom. The Hall–Kier alpha value is -3.55. The molecule has 1 amide bonds. The van der Waals surface area contributed by atoms with Crippen LogP contribution in [0, 0.1) is 6.92 Å². The minimum atomic E-state index is -3.66. The first kappa shape index (κ1) is 21.7. The molecule has 6 nitrogen and oxygen atoms in total. The van der Waals surface area contributed by atoms with E-state index in [1.165, 1.54) is 16.4 Å². The highest BCUT2D eigenvalue weighted by molar-refractivity contribution is 7.89. The summed E-state index contributed by atoms with van der Waals surface area (Å²) in [5.74, 6) is -0.275. The molecule has 0 saturated heterocycles. The Morgan fingerprint density at radius 1 is 0.938 bits per heavy atom. The fraction of sp³-hybridized carbons (Fsp3) is 0.120. The van der Waals surface area contributed by atoms with Crippen molar-refractivity contribution in [3.8, 4) is 0 Å². The zero-order chi connectivity index (χ0) is 22.7. The second kappa shape index (κ2) is 8.90. The summed E-state index contributed by atoms with van der Waals surface area (Å²) in [6.07, 6.45) is 0. The van der Waals surface area contributed by atoms with Gasteiger partial charge in [0.2, 0.25) is 10.0 Å². The molecule has 0 aliphatic heterocycles. The number of hydrogen-bond donors (Lipinski definition) is 1. The van der Waals surface area contributed by atoms with Crippen molar-refractivity contribution < 1.29 is 13.2 Å². The number of pyridine rings is 1. The van der Waals surface area contributed by atoms with Gasteiger partial charge in [-0.25, -0.2) is 8.42 Å². The zero-order valence-corrected chi connectivity index (χ0v) is 18.6. The first-order valence-corrected chi connectivity index (χ1v) is 11.6. The summed E-state index contributed by atoms with van der Waals surface area (Å²) in [6, 6.07) is 24.8. The number of amides is 1. The molecule has 0 spiro atoms.